The predicted octanol–water partition coefficient (Wildman–Crippen LogP) is 4.77. The van der Waals surface area contributed by atoms with Crippen LogP contribution in [0.1, 0.15) is 19.3 Å². The van der Waals surface area contributed by atoms with E-state index < -0.39 is 0 Å². The lowest BCUT2D eigenvalue weighted by Crippen LogP contribution is -2.32. The zero-order valence-electron chi connectivity index (χ0n) is 17.0. The predicted molar refractivity (Wildman–Crippen MR) is 118 cm³/mol. The Bertz CT molecular complexity index is 878. The molecule has 0 spiro atoms. The van der Waals surface area contributed by atoms with Gasteiger partial charge in [-0.3, -0.25) is 4.68 Å². The summed E-state index contributed by atoms with van der Waals surface area (Å²) >= 11 is 0. The summed E-state index contributed by atoms with van der Waals surface area (Å²) < 4.78 is 2.22. The molecular weight excluding hydrogens is 344 g/mol. The van der Waals surface area contributed by atoms with E-state index in [0.717, 1.165) is 18.8 Å². The highest BCUT2D eigenvalue weighted by atomic mass is 15.3. The average Bonchev–Trinajstić information content (AvgIpc) is 3.14. The Morgan fingerprint density at radius 1 is 0.786 bits per heavy atom. The minimum atomic E-state index is 0.915. The molecule has 1 fully saturated rings. The van der Waals surface area contributed by atoms with Crippen molar-refractivity contribution in [2.45, 2.75) is 25.8 Å². The molecule has 0 saturated carbocycles. The van der Waals surface area contributed by atoms with Gasteiger partial charge >= 0.3 is 0 Å². The molecule has 4 nitrogen and oxygen atoms in total. The lowest BCUT2D eigenvalue weighted by molar-refractivity contribution is 0.218. The summed E-state index contributed by atoms with van der Waals surface area (Å²) in [5.41, 5.74) is 5.85. The molecule has 0 aliphatic carbocycles. The first-order valence-corrected chi connectivity index (χ1v) is 10.4. The fourth-order valence-electron chi connectivity index (χ4n) is 4.13. The lowest BCUT2D eigenvalue weighted by Gasteiger charge is -2.26. The Kier molecular flexibility index (Phi) is 5.77. The molecule has 2 aromatic carbocycles. The van der Waals surface area contributed by atoms with Gasteiger partial charge in [0.25, 0.3) is 0 Å². The molecule has 4 heteroatoms. The van der Waals surface area contributed by atoms with Crippen molar-refractivity contribution in [1.82, 2.24) is 14.7 Å². The van der Waals surface area contributed by atoms with E-state index in [4.69, 9.17) is 5.10 Å². The van der Waals surface area contributed by atoms with Crippen LogP contribution in [0.15, 0.2) is 60.7 Å². The van der Waals surface area contributed by atoms with Crippen LogP contribution in [-0.2, 0) is 6.54 Å². The number of rotatable bonds is 6. The number of hydrogen-bond donors (Lipinski definition) is 0. The van der Waals surface area contributed by atoms with Crippen LogP contribution in [0, 0.1) is 0 Å². The van der Waals surface area contributed by atoms with Crippen LogP contribution in [0.25, 0.3) is 22.5 Å². The topological polar surface area (TPSA) is 24.3 Å². The SMILES string of the molecule is CN(C)c1c(-c2ccccc2)nn(CCN2CCCCC2)c1-c1ccccc1. The third-order valence-corrected chi connectivity index (χ3v) is 5.55. The van der Waals surface area contributed by atoms with Crippen LogP contribution in [0.4, 0.5) is 5.69 Å². The van der Waals surface area contributed by atoms with Crippen LogP contribution in [-0.4, -0.2) is 48.4 Å². The third kappa shape index (κ3) is 3.97. The maximum absolute atomic E-state index is 5.11. The molecule has 28 heavy (non-hydrogen) atoms. The van der Waals surface area contributed by atoms with Crippen LogP contribution >= 0.6 is 0 Å². The molecule has 0 radical (unpaired) electrons. The normalized spacial score (nSPS) is 14.9. The van der Waals surface area contributed by atoms with E-state index in [1.54, 1.807) is 0 Å². The lowest BCUT2D eigenvalue weighted by atomic mass is 10.1. The second kappa shape index (κ2) is 8.61. The molecule has 0 atom stereocenters. The van der Waals surface area contributed by atoms with Crippen molar-refractivity contribution in [2.24, 2.45) is 0 Å². The molecule has 1 aliphatic rings. The molecular formula is C24H30N4. The van der Waals surface area contributed by atoms with Gasteiger partial charge in [0.15, 0.2) is 0 Å². The molecule has 4 rings (SSSR count). The van der Waals surface area contributed by atoms with Crippen molar-refractivity contribution >= 4 is 5.69 Å². The molecule has 3 aromatic rings. The second-order valence-electron chi connectivity index (χ2n) is 7.80. The van der Waals surface area contributed by atoms with Crippen molar-refractivity contribution in [3.63, 3.8) is 0 Å². The molecule has 1 saturated heterocycles. The van der Waals surface area contributed by atoms with Crippen molar-refractivity contribution in [3.8, 4) is 22.5 Å². The first-order valence-electron chi connectivity index (χ1n) is 10.4. The number of benzene rings is 2. The number of anilines is 1. The van der Waals surface area contributed by atoms with Crippen LogP contribution in [0.3, 0.4) is 0 Å². The van der Waals surface area contributed by atoms with E-state index in [0.29, 0.717) is 0 Å². The Labute approximate surface area is 168 Å². The standard InChI is InChI=1S/C24H30N4/c1-26(2)24-22(20-12-6-3-7-13-20)25-28(19-18-27-16-10-5-11-17-27)23(24)21-14-8-4-9-15-21/h3-4,6-9,12-15H,5,10-11,16-19H2,1-2H3. The van der Waals surface area contributed by atoms with Crippen molar-refractivity contribution in [1.29, 1.82) is 0 Å². The Morgan fingerprint density at radius 2 is 1.39 bits per heavy atom. The van der Waals surface area contributed by atoms with Crippen molar-refractivity contribution in [3.05, 3.63) is 60.7 Å². The van der Waals surface area contributed by atoms with Gasteiger partial charge in [0.2, 0.25) is 0 Å². The van der Waals surface area contributed by atoms with Gasteiger partial charge in [-0.25, -0.2) is 0 Å². The Balaban J connectivity index is 1.77. The summed E-state index contributed by atoms with van der Waals surface area (Å²) in [5, 5.41) is 5.11. The van der Waals surface area contributed by atoms with Crippen LogP contribution in [0.5, 0.6) is 0 Å². The summed E-state index contributed by atoms with van der Waals surface area (Å²) in [6, 6.07) is 21.2. The fraction of sp³-hybridized carbons (Fsp3) is 0.375. The molecule has 1 aromatic heterocycles. The van der Waals surface area contributed by atoms with Crippen LogP contribution in [0.2, 0.25) is 0 Å². The van der Waals surface area contributed by atoms with Gasteiger partial charge < -0.3 is 9.80 Å². The first-order chi connectivity index (χ1) is 13.7. The van der Waals surface area contributed by atoms with Crippen molar-refractivity contribution < 1.29 is 0 Å². The number of aromatic nitrogens is 2. The zero-order valence-corrected chi connectivity index (χ0v) is 17.0. The van der Waals surface area contributed by atoms with E-state index >= 15 is 0 Å². The number of hydrogen-bond acceptors (Lipinski definition) is 3. The fourth-order valence-corrected chi connectivity index (χ4v) is 4.13. The average molecular weight is 375 g/mol. The molecule has 146 valence electrons. The van der Waals surface area contributed by atoms with Gasteiger partial charge in [0.1, 0.15) is 5.69 Å². The smallest absolute Gasteiger partial charge is 0.116 e. The van der Waals surface area contributed by atoms with Crippen LogP contribution < -0.4 is 4.90 Å². The Hall–Kier alpha value is -2.59. The summed E-state index contributed by atoms with van der Waals surface area (Å²) in [4.78, 5) is 4.78. The van der Waals surface area contributed by atoms with Gasteiger partial charge in [-0.2, -0.15) is 5.10 Å². The third-order valence-electron chi connectivity index (χ3n) is 5.55. The minimum absolute atomic E-state index is 0.915. The quantitative estimate of drug-likeness (QED) is 0.621. The maximum Gasteiger partial charge on any atom is 0.116 e. The van der Waals surface area contributed by atoms with Gasteiger partial charge in [-0.15, -0.1) is 0 Å². The highest BCUT2D eigenvalue weighted by Crippen LogP contribution is 2.38. The Morgan fingerprint density at radius 3 is 2.00 bits per heavy atom. The summed E-state index contributed by atoms with van der Waals surface area (Å²) in [6.45, 7) is 4.41. The summed E-state index contributed by atoms with van der Waals surface area (Å²) in [5.74, 6) is 0. The highest BCUT2D eigenvalue weighted by molar-refractivity contribution is 5.87. The molecule has 1 aliphatic heterocycles. The monoisotopic (exact) mass is 374 g/mol. The van der Waals surface area contributed by atoms with E-state index in [1.165, 1.54) is 54.9 Å². The molecule has 0 unspecified atom stereocenters. The highest BCUT2D eigenvalue weighted by Gasteiger charge is 2.22. The molecule has 0 amide bonds. The van der Waals surface area contributed by atoms with E-state index in [9.17, 15) is 0 Å². The molecule has 2 heterocycles. The van der Waals surface area contributed by atoms with Gasteiger partial charge in [0, 0.05) is 31.8 Å². The summed E-state index contributed by atoms with van der Waals surface area (Å²) in [6.07, 6.45) is 4.02. The number of piperidine rings is 1. The van der Waals surface area contributed by atoms with E-state index in [1.807, 2.05) is 0 Å². The minimum Gasteiger partial charge on any atom is -0.374 e. The number of likely N-dealkylation sites (tertiary alicyclic amines) is 1. The summed E-state index contributed by atoms with van der Waals surface area (Å²) in [7, 11) is 4.23. The second-order valence-corrected chi connectivity index (χ2v) is 7.80. The molecule has 0 bridgehead atoms. The largest absolute Gasteiger partial charge is 0.374 e. The zero-order chi connectivity index (χ0) is 19.3. The molecule has 0 N–H and O–H groups in total. The van der Waals surface area contributed by atoms with Crippen molar-refractivity contribution in [2.75, 3.05) is 38.6 Å². The van der Waals surface area contributed by atoms with E-state index in [-0.39, 0.29) is 0 Å². The van der Waals surface area contributed by atoms with Gasteiger partial charge in [-0.05, 0) is 25.9 Å². The number of nitrogens with zero attached hydrogens (tertiary/aromatic N) is 4. The van der Waals surface area contributed by atoms with E-state index in [2.05, 4.69) is 89.2 Å². The van der Waals surface area contributed by atoms with Gasteiger partial charge in [-0.1, -0.05) is 67.1 Å². The first kappa shape index (κ1) is 18.8. The maximum atomic E-state index is 5.11. The van der Waals surface area contributed by atoms with Gasteiger partial charge in [0.05, 0.1) is 17.9 Å².